The lowest BCUT2D eigenvalue weighted by molar-refractivity contribution is -0.128. The molecule has 7 heteroatoms. The largest absolute Gasteiger partial charge is 0.508 e. The molecule has 27 heavy (non-hydrogen) atoms. The zero-order valence-electron chi connectivity index (χ0n) is 15.2. The quantitative estimate of drug-likeness (QED) is 0.841. The number of nitrogens with zero attached hydrogens (tertiary/aromatic N) is 2. The number of phenolic OH excluding ortho intramolecular Hbond substituents is 1. The van der Waals surface area contributed by atoms with E-state index in [0.29, 0.717) is 37.2 Å². The molecule has 1 atom stereocenters. The molecule has 2 heterocycles. The molecular weight excluding hydrogens is 346 g/mol. The molecule has 1 aromatic heterocycles. The Balaban J connectivity index is 1.46. The minimum Gasteiger partial charge on any atom is -0.508 e. The van der Waals surface area contributed by atoms with Crippen LogP contribution in [-0.2, 0) is 4.79 Å². The number of piperidine rings is 1. The van der Waals surface area contributed by atoms with Crippen molar-refractivity contribution >= 4 is 11.8 Å². The summed E-state index contributed by atoms with van der Waals surface area (Å²) in [4.78, 5) is 30.5. The van der Waals surface area contributed by atoms with E-state index < -0.39 is 6.10 Å². The van der Waals surface area contributed by atoms with E-state index in [2.05, 4.69) is 10.3 Å². The number of likely N-dealkylation sites (tertiary alicyclic amines) is 1. The summed E-state index contributed by atoms with van der Waals surface area (Å²) in [6.45, 7) is 2.86. The predicted octanol–water partition coefficient (Wildman–Crippen LogP) is 1.98. The minimum atomic E-state index is -0.649. The molecule has 1 unspecified atom stereocenters. The molecule has 0 spiro atoms. The molecule has 1 aliphatic heterocycles. The monoisotopic (exact) mass is 369 g/mol. The van der Waals surface area contributed by atoms with Gasteiger partial charge in [0, 0.05) is 31.5 Å². The predicted molar refractivity (Wildman–Crippen MR) is 99.5 cm³/mol. The van der Waals surface area contributed by atoms with Gasteiger partial charge >= 0.3 is 0 Å². The number of aromatic nitrogens is 1. The van der Waals surface area contributed by atoms with Crippen molar-refractivity contribution in [2.45, 2.75) is 31.9 Å². The van der Waals surface area contributed by atoms with Crippen molar-refractivity contribution in [3.63, 3.8) is 0 Å². The third kappa shape index (κ3) is 4.97. The van der Waals surface area contributed by atoms with Crippen LogP contribution in [0.4, 0.5) is 0 Å². The minimum absolute atomic E-state index is 0.0151. The third-order valence-corrected chi connectivity index (χ3v) is 4.56. The fourth-order valence-electron chi connectivity index (χ4n) is 3.00. The Morgan fingerprint density at radius 1 is 1.22 bits per heavy atom. The number of phenols is 1. The fourth-order valence-corrected chi connectivity index (χ4v) is 3.00. The summed E-state index contributed by atoms with van der Waals surface area (Å²) in [6.07, 6.45) is 3.95. The van der Waals surface area contributed by atoms with Crippen LogP contribution in [0.2, 0.25) is 0 Å². The molecule has 3 rings (SSSR count). The van der Waals surface area contributed by atoms with E-state index in [9.17, 15) is 14.7 Å². The number of carbonyl (C=O) groups is 2. The lowest BCUT2D eigenvalue weighted by atomic mass is 10.0. The molecule has 2 N–H and O–H groups in total. The Hall–Kier alpha value is -3.09. The van der Waals surface area contributed by atoms with E-state index in [1.165, 1.54) is 12.1 Å². The lowest BCUT2D eigenvalue weighted by Crippen LogP contribution is -2.49. The lowest BCUT2D eigenvalue weighted by Gasteiger charge is -2.32. The molecule has 2 aromatic rings. The van der Waals surface area contributed by atoms with E-state index >= 15 is 0 Å². The molecule has 0 saturated carbocycles. The summed E-state index contributed by atoms with van der Waals surface area (Å²) >= 11 is 0. The summed E-state index contributed by atoms with van der Waals surface area (Å²) in [7, 11) is 0. The SMILES string of the molecule is CC(Oc1ccc(O)cc1)C(=O)NC1CCN(C(=O)c2cccnc2)CC1. The van der Waals surface area contributed by atoms with Crippen LogP contribution in [0.15, 0.2) is 48.8 Å². The maximum absolute atomic E-state index is 12.4. The van der Waals surface area contributed by atoms with Gasteiger partial charge in [-0.15, -0.1) is 0 Å². The van der Waals surface area contributed by atoms with Crippen LogP contribution < -0.4 is 10.1 Å². The van der Waals surface area contributed by atoms with Crippen LogP contribution in [-0.4, -0.2) is 52.0 Å². The molecule has 0 aliphatic carbocycles. The molecule has 7 nitrogen and oxygen atoms in total. The van der Waals surface area contributed by atoms with Crippen LogP contribution in [0.1, 0.15) is 30.1 Å². The molecule has 142 valence electrons. The molecule has 1 aromatic carbocycles. The van der Waals surface area contributed by atoms with E-state index in [0.717, 1.165) is 0 Å². The summed E-state index contributed by atoms with van der Waals surface area (Å²) in [5.74, 6) is 0.441. The topological polar surface area (TPSA) is 91.8 Å². The van der Waals surface area contributed by atoms with Crippen molar-refractivity contribution in [1.29, 1.82) is 0 Å². The van der Waals surface area contributed by atoms with Crippen molar-refractivity contribution in [3.05, 3.63) is 54.4 Å². The first-order valence-electron chi connectivity index (χ1n) is 8.98. The van der Waals surface area contributed by atoms with Crippen LogP contribution in [0.3, 0.4) is 0 Å². The number of nitrogens with one attached hydrogen (secondary N) is 1. The zero-order valence-corrected chi connectivity index (χ0v) is 15.2. The van der Waals surface area contributed by atoms with Crippen molar-refractivity contribution in [3.8, 4) is 11.5 Å². The molecule has 2 amide bonds. The van der Waals surface area contributed by atoms with Crippen LogP contribution in [0, 0.1) is 0 Å². The second-order valence-electron chi connectivity index (χ2n) is 6.57. The fraction of sp³-hybridized carbons (Fsp3) is 0.350. The van der Waals surface area contributed by atoms with E-state index in [4.69, 9.17) is 4.74 Å². The molecular formula is C20H23N3O4. The van der Waals surface area contributed by atoms with Gasteiger partial charge in [-0.25, -0.2) is 0 Å². The summed E-state index contributed by atoms with van der Waals surface area (Å²) in [6, 6.07) is 9.76. The zero-order chi connectivity index (χ0) is 19.2. The highest BCUT2D eigenvalue weighted by Crippen LogP contribution is 2.18. The number of hydrogen-bond donors (Lipinski definition) is 2. The third-order valence-electron chi connectivity index (χ3n) is 4.56. The van der Waals surface area contributed by atoms with Gasteiger partial charge in [-0.2, -0.15) is 0 Å². The standard InChI is InChI=1S/C20H23N3O4/c1-14(27-18-6-4-17(24)5-7-18)19(25)22-16-8-11-23(12-9-16)20(26)15-3-2-10-21-13-15/h2-7,10,13-14,16,24H,8-9,11-12H2,1H3,(H,22,25). The first kappa shape index (κ1) is 18.7. The van der Waals surface area contributed by atoms with Crippen molar-refractivity contribution in [2.75, 3.05) is 13.1 Å². The van der Waals surface area contributed by atoms with Crippen molar-refractivity contribution < 1.29 is 19.4 Å². The second kappa shape index (κ2) is 8.53. The van der Waals surface area contributed by atoms with Crippen LogP contribution in [0.25, 0.3) is 0 Å². The number of rotatable bonds is 5. The number of carbonyl (C=O) groups excluding carboxylic acids is 2. The van der Waals surface area contributed by atoms with Gasteiger partial charge in [0.15, 0.2) is 6.10 Å². The van der Waals surface area contributed by atoms with Gasteiger partial charge in [0.1, 0.15) is 11.5 Å². The average molecular weight is 369 g/mol. The Kier molecular flexibility index (Phi) is 5.90. The average Bonchev–Trinajstić information content (AvgIpc) is 2.70. The van der Waals surface area contributed by atoms with Crippen LogP contribution in [0.5, 0.6) is 11.5 Å². The summed E-state index contributed by atoms with van der Waals surface area (Å²) < 4.78 is 5.60. The van der Waals surface area contributed by atoms with Gasteiger partial charge in [0.2, 0.25) is 0 Å². The van der Waals surface area contributed by atoms with Gasteiger partial charge in [0.25, 0.3) is 11.8 Å². The molecule has 1 aliphatic rings. The number of hydrogen-bond acceptors (Lipinski definition) is 5. The van der Waals surface area contributed by atoms with Gasteiger partial charge in [-0.3, -0.25) is 14.6 Å². The number of amides is 2. The Bertz CT molecular complexity index is 772. The van der Waals surface area contributed by atoms with Gasteiger partial charge in [0.05, 0.1) is 5.56 Å². The summed E-state index contributed by atoms with van der Waals surface area (Å²) in [5, 5.41) is 12.3. The Morgan fingerprint density at radius 3 is 2.56 bits per heavy atom. The highest BCUT2D eigenvalue weighted by atomic mass is 16.5. The van der Waals surface area contributed by atoms with Gasteiger partial charge in [-0.1, -0.05) is 0 Å². The number of benzene rings is 1. The highest BCUT2D eigenvalue weighted by Gasteiger charge is 2.26. The first-order valence-corrected chi connectivity index (χ1v) is 8.98. The molecule has 0 radical (unpaired) electrons. The Labute approximate surface area is 158 Å². The first-order chi connectivity index (χ1) is 13.0. The summed E-state index contributed by atoms with van der Waals surface area (Å²) in [5.41, 5.74) is 0.580. The van der Waals surface area contributed by atoms with Gasteiger partial charge in [-0.05, 0) is 56.2 Å². The maximum atomic E-state index is 12.4. The van der Waals surface area contributed by atoms with Crippen LogP contribution >= 0.6 is 0 Å². The number of aromatic hydroxyl groups is 1. The van der Waals surface area contributed by atoms with E-state index in [1.54, 1.807) is 48.5 Å². The second-order valence-corrected chi connectivity index (χ2v) is 6.57. The molecule has 1 fully saturated rings. The number of pyridine rings is 1. The van der Waals surface area contributed by atoms with Gasteiger partial charge < -0.3 is 20.1 Å². The van der Waals surface area contributed by atoms with E-state index in [1.807, 2.05) is 0 Å². The maximum Gasteiger partial charge on any atom is 0.260 e. The molecule has 0 bridgehead atoms. The smallest absolute Gasteiger partial charge is 0.260 e. The molecule has 1 saturated heterocycles. The number of ether oxygens (including phenoxy) is 1. The van der Waals surface area contributed by atoms with Crippen molar-refractivity contribution in [1.82, 2.24) is 15.2 Å². The van der Waals surface area contributed by atoms with E-state index in [-0.39, 0.29) is 23.6 Å². The highest BCUT2D eigenvalue weighted by molar-refractivity contribution is 5.94. The normalized spacial score (nSPS) is 15.8. The Morgan fingerprint density at radius 2 is 1.93 bits per heavy atom. The van der Waals surface area contributed by atoms with Crippen molar-refractivity contribution in [2.24, 2.45) is 0 Å².